The summed E-state index contributed by atoms with van der Waals surface area (Å²) in [5, 5.41) is 4.27. The van der Waals surface area contributed by atoms with Crippen LogP contribution in [0.4, 0.5) is 0 Å². The molecule has 2 saturated heterocycles. The Morgan fingerprint density at radius 2 is 2.08 bits per heavy atom. The zero-order chi connectivity index (χ0) is 17.3. The molecule has 2 unspecified atom stereocenters. The van der Waals surface area contributed by atoms with Crippen LogP contribution in [0.5, 0.6) is 0 Å². The lowest BCUT2D eigenvalue weighted by Gasteiger charge is -2.40. The number of amides is 2. The van der Waals surface area contributed by atoms with Crippen LogP contribution in [0.15, 0.2) is 12.4 Å². The van der Waals surface area contributed by atoms with E-state index in [1.165, 1.54) is 0 Å². The van der Waals surface area contributed by atoms with E-state index >= 15 is 0 Å². The highest BCUT2D eigenvalue weighted by Gasteiger charge is 2.38. The van der Waals surface area contributed by atoms with Crippen LogP contribution in [-0.2, 0) is 16.6 Å². The molecule has 0 aromatic carbocycles. The summed E-state index contributed by atoms with van der Waals surface area (Å²) in [5.74, 6) is 0.264. The zero-order valence-corrected chi connectivity index (χ0v) is 14.8. The molecule has 2 aliphatic rings. The van der Waals surface area contributed by atoms with Gasteiger partial charge in [0, 0.05) is 51.3 Å². The van der Waals surface area contributed by atoms with Crippen LogP contribution in [0.1, 0.15) is 24.8 Å². The standard InChI is InChI=1S/C17H27N5O2/c1-4-21-7-8-22(12-16(21)23)17(24)14-5-6-19(2)11-15(14)13-9-18-20(3)10-13/h9-10,14-15H,4-8,11-12H2,1-3H3. The average Bonchev–Trinajstić information content (AvgIpc) is 3.00. The number of hydrogen-bond donors (Lipinski definition) is 0. The van der Waals surface area contributed by atoms with Crippen molar-refractivity contribution in [2.45, 2.75) is 19.3 Å². The number of likely N-dealkylation sites (tertiary alicyclic amines) is 1. The molecule has 0 spiro atoms. The van der Waals surface area contributed by atoms with Gasteiger partial charge in [-0.1, -0.05) is 0 Å². The molecule has 1 aromatic heterocycles. The molecule has 132 valence electrons. The Kier molecular flexibility index (Phi) is 4.89. The summed E-state index contributed by atoms with van der Waals surface area (Å²) in [7, 11) is 3.99. The van der Waals surface area contributed by atoms with Crippen LogP contribution < -0.4 is 0 Å². The predicted octanol–water partition coefficient (Wildman–Crippen LogP) is 0.146. The Bertz CT molecular complexity index is 614. The molecule has 0 saturated carbocycles. The smallest absolute Gasteiger partial charge is 0.242 e. The Balaban J connectivity index is 1.75. The van der Waals surface area contributed by atoms with Gasteiger partial charge in [0.25, 0.3) is 0 Å². The molecule has 7 heteroatoms. The average molecular weight is 333 g/mol. The van der Waals surface area contributed by atoms with Crippen molar-refractivity contribution in [1.29, 1.82) is 0 Å². The second-order valence-electron chi connectivity index (χ2n) is 6.94. The number of piperazine rings is 1. The molecule has 2 amide bonds. The fourth-order valence-electron chi connectivity index (χ4n) is 3.85. The number of carbonyl (C=O) groups excluding carboxylic acids is 2. The number of likely N-dealkylation sites (N-methyl/N-ethyl adjacent to an activating group) is 2. The first-order chi connectivity index (χ1) is 11.5. The molecular weight excluding hydrogens is 306 g/mol. The molecular formula is C17H27N5O2. The number of carbonyl (C=O) groups is 2. The summed E-state index contributed by atoms with van der Waals surface area (Å²) in [6.45, 7) is 5.97. The monoisotopic (exact) mass is 333 g/mol. The molecule has 0 radical (unpaired) electrons. The summed E-state index contributed by atoms with van der Waals surface area (Å²) >= 11 is 0. The van der Waals surface area contributed by atoms with Gasteiger partial charge in [-0.2, -0.15) is 5.10 Å². The van der Waals surface area contributed by atoms with Crippen molar-refractivity contribution >= 4 is 11.8 Å². The van der Waals surface area contributed by atoms with Crippen LogP contribution in [-0.4, -0.2) is 82.6 Å². The first-order valence-corrected chi connectivity index (χ1v) is 8.73. The molecule has 3 heterocycles. The Labute approximate surface area is 143 Å². The largest absolute Gasteiger partial charge is 0.340 e. The van der Waals surface area contributed by atoms with Crippen LogP contribution in [0.3, 0.4) is 0 Å². The number of nitrogens with zero attached hydrogens (tertiary/aromatic N) is 5. The molecule has 1 aromatic rings. The molecule has 3 rings (SSSR count). The van der Waals surface area contributed by atoms with E-state index < -0.39 is 0 Å². The van der Waals surface area contributed by atoms with Gasteiger partial charge < -0.3 is 14.7 Å². The lowest BCUT2D eigenvalue weighted by molar-refractivity contribution is -0.148. The first kappa shape index (κ1) is 17.0. The van der Waals surface area contributed by atoms with Gasteiger partial charge in [-0.05, 0) is 32.5 Å². The molecule has 0 aliphatic carbocycles. The third kappa shape index (κ3) is 3.31. The zero-order valence-electron chi connectivity index (χ0n) is 14.8. The summed E-state index contributed by atoms with van der Waals surface area (Å²) < 4.78 is 1.79. The van der Waals surface area contributed by atoms with Crippen LogP contribution >= 0.6 is 0 Å². The molecule has 24 heavy (non-hydrogen) atoms. The number of hydrogen-bond acceptors (Lipinski definition) is 4. The number of aromatic nitrogens is 2. The minimum absolute atomic E-state index is 0.0583. The highest BCUT2D eigenvalue weighted by molar-refractivity contribution is 5.87. The van der Waals surface area contributed by atoms with E-state index in [1.807, 2.05) is 31.3 Å². The first-order valence-electron chi connectivity index (χ1n) is 8.73. The van der Waals surface area contributed by atoms with E-state index in [0.29, 0.717) is 19.6 Å². The third-order valence-electron chi connectivity index (χ3n) is 5.30. The maximum atomic E-state index is 13.1. The van der Waals surface area contributed by atoms with Gasteiger partial charge in [-0.25, -0.2) is 0 Å². The SMILES string of the molecule is CCN1CCN(C(=O)C2CCN(C)CC2c2cnn(C)c2)CC1=O. The van der Waals surface area contributed by atoms with E-state index in [0.717, 1.165) is 25.1 Å². The minimum atomic E-state index is -0.0635. The van der Waals surface area contributed by atoms with Crippen molar-refractivity contribution in [3.63, 3.8) is 0 Å². The van der Waals surface area contributed by atoms with Gasteiger partial charge in [0.15, 0.2) is 0 Å². The van der Waals surface area contributed by atoms with E-state index in [1.54, 1.807) is 9.58 Å². The van der Waals surface area contributed by atoms with Crippen LogP contribution in [0, 0.1) is 5.92 Å². The van der Waals surface area contributed by atoms with Crippen LogP contribution in [0.2, 0.25) is 0 Å². The normalized spacial score (nSPS) is 26.0. The second-order valence-corrected chi connectivity index (χ2v) is 6.94. The van der Waals surface area contributed by atoms with Gasteiger partial charge in [0.05, 0.1) is 12.7 Å². The molecule has 2 atom stereocenters. The highest BCUT2D eigenvalue weighted by atomic mass is 16.2. The summed E-state index contributed by atoms with van der Waals surface area (Å²) in [6.07, 6.45) is 4.70. The van der Waals surface area contributed by atoms with E-state index in [4.69, 9.17) is 0 Å². The van der Waals surface area contributed by atoms with Gasteiger partial charge in [-0.3, -0.25) is 14.3 Å². The van der Waals surface area contributed by atoms with Crippen molar-refractivity contribution in [3.8, 4) is 0 Å². The van der Waals surface area contributed by atoms with E-state index in [9.17, 15) is 9.59 Å². The molecule has 0 bridgehead atoms. The van der Waals surface area contributed by atoms with Gasteiger partial charge in [-0.15, -0.1) is 0 Å². The molecule has 2 fully saturated rings. The number of aryl methyl sites for hydroxylation is 1. The second kappa shape index (κ2) is 6.93. The Hall–Kier alpha value is -1.89. The van der Waals surface area contributed by atoms with Crippen molar-refractivity contribution in [2.75, 3.05) is 46.3 Å². The maximum absolute atomic E-state index is 13.1. The lowest BCUT2D eigenvalue weighted by Crippen LogP contribution is -2.55. The topological polar surface area (TPSA) is 61.7 Å². The minimum Gasteiger partial charge on any atom is -0.340 e. The molecule has 7 nitrogen and oxygen atoms in total. The molecule has 2 aliphatic heterocycles. The van der Waals surface area contributed by atoms with Crippen molar-refractivity contribution in [3.05, 3.63) is 18.0 Å². The summed E-state index contributed by atoms with van der Waals surface area (Å²) in [4.78, 5) is 31.1. The van der Waals surface area contributed by atoms with Crippen molar-refractivity contribution in [1.82, 2.24) is 24.5 Å². The van der Waals surface area contributed by atoms with Crippen molar-refractivity contribution in [2.24, 2.45) is 13.0 Å². The third-order valence-corrected chi connectivity index (χ3v) is 5.30. The van der Waals surface area contributed by atoms with Crippen molar-refractivity contribution < 1.29 is 9.59 Å². The fraction of sp³-hybridized carbons (Fsp3) is 0.706. The predicted molar refractivity (Wildman–Crippen MR) is 90.4 cm³/mol. The van der Waals surface area contributed by atoms with Gasteiger partial charge in [0.1, 0.15) is 0 Å². The lowest BCUT2D eigenvalue weighted by atomic mass is 9.81. The van der Waals surface area contributed by atoms with Gasteiger partial charge >= 0.3 is 0 Å². The maximum Gasteiger partial charge on any atom is 0.242 e. The number of piperidine rings is 1. The quantitative estimate of drug-likeness (QED) is 0.790. The highest BCUT2D eigenvalue weighted by Crippen LogP contribution is 2.33. The van der Waals surface area contributed by atoms with Gasteiger partial charge in [0.2, 0.25) is 11.8 Å². The number of rotatable bonds is 3. The Morgan fingerprint density at radius 3 is 2.71 bits per heavy atom. The molecule has 0 N–H and O–H groups in total. The Morgan fingerprint density at radius 1 is 1.29 bits per heavy atom. The van der Waals surface area contributed by atoms with Crippen LogP contribution in [0.25, 0.3) is 0 Å². The van der Waals surface area contributed by atoms with E-state index in [2.05, 4.69) is 17.0 Å². The summed E-state index contributed by atoms with van der Waals surface area (Å²) in [5.41, 5.74) is 1.11. The fourth-order valence-corrected chi connectivity index (χ4v) is 3.85. The summed E-state index contributed by atoms with van der Waals surface area (Å²) in [6, 6.07) is 0. The van der Waals surface area contributed by atoms with E-state index in [-0.39, 0.29) is 30.2 Å².